The third-order valence-electron chi connectivity index (χ3n) is 3.90. The van der Waals surface area contributed by atoms with E-state index in [0.29, 0.717) is 11.3 Å². The Morgan fingerprint density at radius 1 is 1.17 bits per heavy atom. The van der Waals surface area contributed by atoms with Gasteiger partial charge in [-0.3, -0.25) is 0 Å². The summed E-state index contributed by atoms with van der Waals surface area (Å²) in [6.45, 7) is 3.06. The Morgan fingerprint density at radius 2 is 1.96 bits per heavy atom. The summed E-state index contributed by atoms with van der Waals surface area (Å²) in [4.78, 5) is 13.1. The predicted molar refractivity (Wildman–Crippen MR) is 90.4 cm³/mol. The van der Waals surface area contributed by atoms with Gasteiger partial charge in [0.25, 0.3) is 0 Å². The van der Waals surface area contributed by atoms with Crippen LogP contribution in [0.5, 0.6) is 5.75 Å². The van der Waals surface area contributed by atoms with Crippen molar-refractivity contribution in [2.24, 2.45) is 0 Å². The standard InChI is InChI=1S/C17H21N5O/c1-3-4-9-22-14(10-12-5-7-13(23-2)8-6-12)21-15-16(18)19-11-20-17(15)22/h5-8,11H,3-4,9-10H2,1-2H3,(H2,18,19,20). The van der Waals surface area contributed by atoms with E-state index in [1.807, 2.05) is 12.1 Å². The summed E-state index contributed by atoms with van der Waals surface area (Å²) >= 11 is 0. The molecule has 0 aliphatic carbocycles. The van der Waals surface area contributed by atoms with Gasteiger partial charge in [-0.25, -0.2) is 15.0 Å². The third kappa shape index (κ3) is 3.11. The van der Waals surface area contributed by atoms with Crippen molar-refractivity contribution in [2.45, 2.75) is 32.7 Å². The van der Waals surface area contributed by atoms with E-state index < -0.39 is 0 Å². The lowest BCUT2D eigenvalue weighted by atomic mass is 10.1. The zero-order chi connectivity index (χ0) is 16.2. The van der Waals surface area contributed by atoms with Gasteiger partial charge in [0.15, 0.2) is 17.0 Å². The van der Waals surface area contributed by atoms with E-state index in [1.165, 1.54) is 11.9 Å². The van der Waals surface area contributed by atoms with Gasteiger partial charge in [-0.1, -0.05) is 25.5 Å². The van der Waals surface area contributed by atoms with Crippen LogP contribution >= 0.6 is 0 Å². The van der Waals surface area contributed by atoms with Crippen LogP contribution in [0.3, 0.4) is 0 Å². The molecule has 0 spiro atoms. The average Bonchev–Trinajstić information content (AvgIpc) is 2.92. The summed E-state index contributed by atoms with van der Waals surface area (Å²) in [5.74, 6) is 2.25. The number of fused-ring (bicyclic) bond motifs is 1. The topological polar surface area (TPSA) is 78.9 Å². The third-order valence-corrected chi connectivity index (χ3v) is 3.90. The van der Waals surface area contributed by atoms with E-state index in [1.54, 1.807) is 7.11 Å². The van der Waals surface area contributed by atoms with Gasteiger partial charge in [0.2, 0.25) is 0 Å². The first-order chi connectivity index (χ1) is 11.2. The number of ether oxygens (including phenoxy) is 1. The second-order valence-electron chi connectivity index (χ2n) is 5.49. The Balaban J connectivity index is 1.98. The highest BCUT2D eigenvalue weighted by molar-refractivity contribution is 5.81. The molecule has 3 rings (SSSR count). The Kier molecular flexibility index (Phi) is 4.41. The molecule has 6 heteroatoms. The molecule has 0 atom stereocenters. The number of aromatic nitrogens is 4. The molecule has 0 saturated heterocycles. The molecule has 120 valence electrons. The molecule has 2 heterocycles. The van der Waals surface area contributed by atoms with Crippen LogP contribution in [0.4, 0.5) is 5.82 Å². The molecule has 0 fully saturated rings. The Bertz CT molecular complexity index is 795. The molecule has 3 aromatic rings. The number of methoxy groups -OCH3 is 1. The summed E-state index contributed by atoms with van der Waals surface area (Å²) in [5, 5.41) is 0. The summed E-state index contributed by atoms with van der Waals surface area (Å²) in [6, 6.07) is 8.03. The van der Waals surface area contributed by atoms with E-state index in [-0.39, 0.29) is 0 Å². The summed E-state index contributed by atoms with van der Waals surface area (Å²) < 4.78 is 7.36. The summed E-state index contributed by atoms with van der Waals surface area (Å²) in [7, 11) is 1.67. The quantitative estimate of drug-likeness (QED) is 0.757. The Labute approximate surface area is 135 Å². The van der Waals surface area contributed by atoms with E-state index in [0.717, 1.165) is 43.0 Å². The summed E-state index contributed by atoms with van der Waals surface area (Å²) in [5.41, 5.74) is 8.63. The van der Waals surface area contributed by atoms with Crippen molar-refractivity contribution >= 4 is 17.0 Å². The van der Waals surface area contributed by atoms with Gasteiger partial charge >= 0.3 is 0 Å². The number of nitrogens with zero attached hydrogens (tertiary/aromatic N) is 4. The van der Waals surface area contributed by atoms with Crippen LogP contribution in [-0.2, 0) is 13.0 Å². The second-order valence-corrected chi connectivity index (χ2v) is 5.49. The Morgan fingerprint density at radius 3 is 2.65 bits per heavy atom. The molecule has 2 N–H and O–H groups in total. The number of rotatable bonds is 6. The van der Waals surface area contributed by atoms with Crippen molar-refractivity contribution < 1.29 is 4.74 Å². The lowest BCUT2D eigenvalue weighted by molar-refractivity contribution is 0.414. The normalized spacial score (nSPS) is 11.0. The van der Waals surface area contributed by atoms with Gasteiger partial charge < -0.3 is 15.0 Å². The molecule has 6 nitrogen and oxygen atoms in total. The fraction of sp³-hybridized carbons (Fsp3) is 0.353. The molecule has 0 aliphatic rings. The maximum atomic E-state index is 5.95. The first-order valence-corrected chi connectivity index (χ1v) is 7.81. The average molecular weight is 311 g/mol. The van der Waals surface area contributed by atoms with Crippen molar-refractivity contribution in [1.29, 1.82) is 0 Å². The van der Waals surface area contributed by atoms with Crippen LogP contribution in [0.2, 0.25) is 0 Å². The van der Waals surface area contributed by atoms with Crippen LogP contribution < -0.4 is 10.5 Å². The fourth-order valence-corrected chi connectivity index (χ4v) is 2.61. The number of unbranched alkanes of at least 4 members (excludes halogenated alkanes) is 1. The number of aryl methyl sites for hydroxylation is 1. The van der Waals surface area contributed by atoms with E-state index in [2.05, 4.69) is 38.6 Å². The molecule has 2 aromatic heterocycles. The number of imidazole rings is 1. The largest absolute Gasteiger partial charge is 0.497 e. The molecular formula is C17H21N5O. The van der Waals surface area contributed by atoms with Gasteiger partial charge in [-0.05, 0) is 24.1 Å². The van der Waals surface area contributed by atoms with E-state index in [4.69, 9.17) is 10.5 Å². The minimum Gasteiger partial charge on any atom is -0.497 e. The SMILES string of the molecule is CCCCn1c(Cc2ccc(OC)cc2)nc2c(N)ncnc21. The van der Waals surface area contributed by atoms with Crippen molar-refractivity contribution in [3.05, 3.63) is 42.0 Å². The van der Waals surface area contributed by atoms with Crippen molar-refractivity contribution in [1.82, 2.24) is 19.5 Å². The highest BCUT2D eigenvalue weighted by Crippen LogP contribution is 2.21. The molecule has 0 amide bonds. The molecule has 23 heavy (non-hydrogen) atoms. The van der Waals surface area contributed by atoms with Crippen molar-refractivity contribution in [3.8, 4) is 5.75 Å². The fourth-order valence-electron chi connectivity index (χ4n) is 2.61. The van der Waals surface area contributed by atoms with Gasteiger partial charge in [0, 0.05) is 13.0 Å². The van der Waals surface area contributed by atoms with Gasteiger partial charge in [0.05, 0.1) is 7.11 Å². The maximum absolute atomic E-state index is 5.95. The zero-order valence-electron chi connectivity index (χ0n) is 13.5. The van der Waals surface area contributed by atoms with Crippen LogP contribution in [0, 0.1) is 0 Å². The highest BCUT2D eigenvalue weighted by Gasteiger charge is 2.14. The van der Waals surface area contributed by atoms with Crippen molar-refractivity contribution in [3.63, 3.8) is 0 Å². The minimum atomic E-state index is 0.432. The first kappa shape index (κ1) is 15.3. The zero-order valence-corrected chi connectivity index (χ0v) is 13.5. The number of hydrogen-bond acceptors (Lipinski definition) is 5. The molecule has 0 unspecified atom stereocenters. The molecule has 0 radical (unpaired) electrons. The molecule has 0 bridgehead atoms. The first-order valence-electron chi connectivity index (χ1n) is 7.81. The number of hydrogen-bond donors (Lipinski definition) is 1. The predicted octanol–water partition coefficient (Wildman–Crippen LogP) is 2.81. The highest BCUT2D eigenvalue weighted by atomic mass is 16.5. The van der Waals surface area contributed by atoms with Gasteiger partial charge in [0.1, 0.15) is 17.9 Å². The van der Waals surface area contributed by atoms with Crippen LogP contribution in [-0.4, -0.2) is 26.6 Å². The molecular weight excluding hydrogens is 290 g/mol. The number of anilines is 1. The minimum absolute atomic E-state index is 0.432. The van der Waals surface area contributed by atoms with Gasteiger partial charge in [-0.2, -0.15) is 0 Å². The van der Waals surface area contributed by atoms with Crippen LogP contribution in [0.15, 0.2) is 30.6 Å². The van der Waals surface area contributed by atoms with E-state index >= 15 is 0 Å². The lowest BCUT2D eigenvalue weighted by Crippen LogP contribution is -2.05. The molecule has 0 saturated carbocycles. The number of nitrogens with two attached hydrogens (primary N) is 1. The molecule has 0 aliphatic heterocycles. The van der Waals surface area contributed by atoms with Crippen molar-refractivity contribution in [2.75, 3.05) is 12.8 Å². The van der Waals surface area contributed by atoms with E-state index in [9.17, 15) is 0 Å². The van der Waals surface area contributed by atoms with Gasteiger partial charge in [-0.15, -0.1) is 0 Å². The maximum Gasteiger partial charge on any atom is 0.165 e. The lowest BCUT2D eigenvalue weighted by Gasteiger charge is -2.08. The monoisotopic (exact) mass is 311 g/mol. The number of nitrogen functional groups attached to an aromatic ring is 1. The van der Waals surface area contributed by atoms with Crippen LogP contribution in [0.25, 0.3) is 11.2 Å². The summed E-state index contributed by atoms with van der Waals surface area (Å²) in [6.07, 6.45) is 4.41. The molecule has 1 aromatic carbocycles. The smallest absolute Gasteiger partial charge is 0.165 e. The second kappa shape index (κ2) is 6.64. The van der Waals surface area contributed by atoms with Crippen LogP contribution in [0.1, 0.15) is 31.2 Å². The number of benzene rings is 1. The Hall–Kier alpha value is -2.63.